The van der Waals surface area contributed by atoms with Crippen LogP contribution in [-0.4, -0.2) is 23.2 Å². The molecule has 0 saturated carbocycles. The molecular formula is C29H28N2O4. The normalized spacial score (nSPS) is 16.7. The highest BCUT2D eigenvalue weighted by Crippen LogP contribution is 2.26. The second-order valence-electron chi connectivity index (χ2n) is 8.16. The van der Waals surface area contributed by atoms with Crippen LogP contribution in [-0.2, 0) is 22.7 Å². The average Bonchev–Trinajstić information content (AvgIpc) is 3.38. The SMILES string of the molecule is O=C(NN(C(=O)OCc1ccccc1)[C@@H]1CC=C[C@H]1/C=C/c1ccccc1)OCc1ccccc1. The number of hydrogen-bond donors (Lipinski definition) is 1. The Morgan fingerprint density at radius 2 is 1.40 bits per heavy atom. The van der Waals surface area contributed by atoms with Gasteiger partial charge < -0.3 is 9.47 Å². The highest BCUT2D eigenvalue weighted by molar-refractivity contribution is 5.74. The van der Waals surface area contributed by atoms with Gasteiger partial charge in [-0.1, -0.05) is 115 Å². The first-order chi connectivity index (χ1) is 17.2. The highest BCUT2D eigenvalue weighted by Gasteiger charge is 2.33. The lowest BCUT2D eigenvalue weighted by Gasteiger charge is -2.31. The van der Waals surface area contributed by atoms with Crippen molar-refractivity contribution in [1.82, 2.24) is 10.4 Å². The lowest BCUT2D eigenvalue weighted by molar-refractivity contribution is 0.0436. The van der Waals surface area contributed by atoms with E-state index in [4.69, 9.17) is 9.47 Å². The van der Waals surface area contributed by atoms with E-state index >= 15 is 0 Å². The van der Waals surface area contributed by atoms with Gasteiger partial charge in [0, 0.05) is 5.92 Å². The molecule has 0 bridgehead atoms. The molecule has 0 aliphatic heterocycles. The number of hydrogen-bond acceptors (Lipinski definition) is 4. The van der Waals surface area contributed by atoms with Gasteiger partial charge in [-0.2, -0.15) is 0 Å². The van der Waals surface area contributed by atoms with Crippen LogP contribution in [0.3, 0.4) is 0 Å². The van der Waals surface area contributed by atoms with Gasteiger partial charge in [-0.15, -0.1) is 0 Å². The van der Waals surface area contributed by atoms with Gasteiger partial charge in [0.15, 0.2) is 0 Å². The zero-order valence-electron chi connectivity index (χ0n) is 19.3. The number of carbonyl (C=O) groups excluding carboxylic acids is 2. The number of hydrazine groups is 1. The van der Waals surface area contributed by atoms with Crippen molar-refractivity contribution >= 4 is 18.3 Å². The average molecular weight is 469 g/mol. The van der Waals surface area contributed by atoms with Crippen molar-refractivity contribution in [3.05, 3.63) is 126 Å². The Hall–Kier alpha value is -4.32. The second-order valence-corrected chi connectivity index (χ2v) is 8.16. The minimum atomic E-state index is -0.719. The van der Waals surface area contributed by atoms with Gasteiger partial charge >= 0.3 is 12.2 Å². The van der Waals surface area contributed by atoms with Crippen LogP contribution in [0.5, 0.6) is 0 Å². The Bertz CT molecular complexity index is 1150. The lowest BCUT2D eigenvalue weighted by Crippen LogP contribution is -2.53. The molecule has 4 rings (SSSR count). The van der Waals surface area contributed by atoms with Crippen LogP contribution in [0.1, 0.15) is 23.1 Å². The number of ether oxygens (including phenoxy) is 2. The Labute approximate surface area is 205 Å². The van der Waals surface area contributed by atoms with E-state index in [1.165, 1.54) is 5.01 Å². The fraction of sp³-hybridized carbons (Fsp3) is 0.172. The molecule has 0 aromatic heterocycles. The number of carbonyl (C=O) groups is 2. The molecule has 3 aromatic carbocycles. The molecule has 0 unspecified atom stereocenters. The van der Waals surface area contributed by atoms with Crippen LogP contribution >= 0.6 is 0 Å². The molecule has 1 aliphatic carbocycles. The van der Waals surface area contributed by atoms with Crippen molar-refractivity contribution < 1.29 is 19.1 Å². The van der Waals surface area contributed by atoms with Gasteiger partial charge in [-0.3, -0.25) is 0 Å². The van der Waals surface area contributed by atoms with Crippen molar-refractivity contribution in [3.8, 4) is 0 Å². The molecule has 6 nitrogen and oxygen atoms in total. The summed E-state index contributed by atoms with van der Waals surface area (Å²) in [6.45, 7) is 0.196. The molecule has 0 fully saturated rings. The molecule has 0 heterocycles. The van der Waals surface area contributed by atoms with Gasteiger partial charge in [0.05, 0.1) is 6.04 Å². The van der Waals surface area contributed by atoms with Crippen molar-refractivity contribution in [2.24, 2.45) is 5.92 Å². The first-order valence-electron chi connectivity index (χ1n) is 11.6. The van der Waals surface area contributed by atoms with E-state index < -0.39 is 12.2 Å². The van der Waals surface area contributed by atoms with E-state index in [-0.39, 0.29) is 25.2 Å². The molecular weight excluding hydrogens is 440 g/mol. The number of rotatable bonds is 7. The summed E-state index contributed by atoms with van der Waals surface area (Å²) in [5, 5.41) is 1.25. The van der Waals surface area contributed by atoms with Crippen LogP contribution in [0.15, 0.2) is 109 Å². The maximum atomic E-state index is 13.1. The fourth-order valence-electron chi connectivity index (χ4n) is 3.82. The summed E-state index contributed by atoms with van der Waals surface area (Å²) in [6, 6.07) is 28.4. The van der Waals surface area contributed by atoms with E-state index in [0.29, 0.717) is 6.42 Å². The predicted molar refractivity (Wildman–Crippen MR) is 135 cm³/mol. The van der Waals surface area contributed by atoms with E-state index in [1.807, 2.05) is 115 Å². The molecule has 35 heavy (non-hydrogen) atoms. The Morgan fingerprint density at radius 1 is 0.829 bits per heavy atom. The smallest absolute Gasteiger partial charge is 0.429 e. The van der Waals surface area contributed by atoms with Crippen LogP contribution in [0.4, 0.5) is 9.59 Å². The zero-order chi connectivity index (χ0) is 24.3. The molecule has 3 aromatic rings. The van der Waals surface area contributed by atoms with Gasteiger partial charge in [0.2, 0.25) is 0 Å². The third-order valence-electron chi connectivity index (χ3n) is 5.65. The zero-order valence-corrected chi connectivity index (χ0v) is 19.3. The molecule has 6 heteroatoms. The summed E-state index contributed by atoms with van der Waals surface area (Å²) in [6.07, 6.45) is 7.27. The fourth-order valence-corrected chi connectivity index (χ4v) is 3.82. The maximum absolute atomic E-state index is 13.1. The summed E-state index contributed by atoms with van der Waals surface area (Å²) in [5.41, 5.74) is 5.39. The van der Waals surface area contributed by atoms with E-state index in [9.17, 15) is 9.59 Å². The third kappa shape index (κ3) is 7.08. The van der Waals surface area contributed by atoms with Crippen molar-refractivity contribution in [1.29, 1.82) is 0 Å². The first kappa shape index (κ1) is 23.8. The highest BCUT2D eigenvalue weighted by atomic mass is 16.6. The molecule has 1 N–H and O–H groups in total. The molecule has 0 saturated heterocycles. The Balaban J connectivity index is 1.45. The van der Waals surface area contributed by atoms with Crippen LogP contribution in [0.2, 0.25) is 0 Å². The van der Waals surface area contributed by atoms with Gasteiger partial charge in [-0.05, 0) is 23.1 Å². The minimum absolute atomic E-state index is 0.0971. The van der Waals surface area contributed by atoms with Crippen LogP contribution in [0.25, 0.3) is 6.08 Å². The van der Waals surface area contributed by atoms with Crippen molar-refractivity contribution in [2.45, 2.75) is 25.7 Å². The number of nitrogens with zero attached hydrogens (tertiary/aromatic N) is 1. The summed E-state index contributed by atoms with van der Waals surface area (Å²) in [4.78, 5) is 25.7. The number of nitrogens with one attached hydrogen (secondary N) is 1. The molecule has 0 radical (unpaired) electrons. The molecule has 178 valence electrons. The third-order valence-corrected chi connectivity index (χ3v) is 5.65. The largest absolute Gasteiger partial charge is 0.443 e. The van der Waals surface area contributed by atoms with Gasteiger partial charge in [-0.25, -0.2) is 20.0 Å². The summed E-state index contributed by atoms with van der Waals surface area (Å²) in [7, 11) is 0. The monoisotopic (exact) mass is 468 g/mol. The van der Waals surface area contributed by atoms with E-state index in [1.54, 1.807) is 0 Å². The molecule has 1 aliphatic rings. The van der Waals surface area contributed by atoms with Gasteiger partial charge in [0.25, 0.3) is 0 Å². The minimum Gasteiger partial charge on any atom is -0.443 e. The number of benzene rings is 3. The lowest BCUT2D eigenvalue weighted by atomic mass is 10.0. The van der Waals surface area contributed by atoms with Crippen molar-refractivity contribution in [3.63, 3.8) is 0 Å². The maximum Gasteiger partial charge on any atom is 0.429 e. The topological polar surface area (TPSA) is 67.9 Å². The second kappa shape index (κ2) is 12.2. The van der Waals surface area contributed by atoms with Gasteiger partial charge in [0.1, 0.15) is 13.2 Å². The standard InChI is InChI=1S/C29H28N2O4/c32-28(34-21-24-13-6-2-7-14-24)30-31(29(33)35-22-25-15-8-3-9-16-25)27-18-10-17-26(27)20-19-23-11-4-1-5-12-23/h1-17,19-20,26-27H,18,21-22H2,(H,30,32)/b20-19+/t26-,27+/m0/s1. The summed E-state index contributed by atoms with van der Waals surface area (Å²) < 4.78 is 10.9. The summed E-state index contributed by atoms with van der Waals surface area (Å²) >= 11 is 0. The Morgan fingerprint density at radius 3 is 2.03 bits per heavy atom. The predicted octanol–water partition coefficient (Wildman–Crippen LogP) is 6.12. The first-order valence-corrected chi connectivity index (χ1v) is 11.6. The van der Waals surface area contributed by atoms with Crippen molar-refractivity contribution in [2.75, 3.05) is 0 Å². The van der Waals surface area contributed by atoms with E-state index in [2.05, 4.69) is 5.43 Å². The Kier molecular flexibility index (Phi) is 8.32. The number of amides is 2. The molecule has 0 spiro atoms. The van der Waals surface area contributed by atoms with Crippen LogP contribution < -0.4 is 5.43 Å². The summed E-state index contributed by atoms with van der Waals surface area (Å²) in [5.74, 6) is -0.103. The molecule has 2 amide bonds. The van der Waals surface area contributed by atoms with E-state index in [0.717, 1.165) is 16.7 Å². The molecule has 2 atom stereocenters. The quantitative estimate of drug-likeness (QED) is 0.335. The van der Waals surface area contributed by atoms with Crippen LogP contribution in [0, 0.1) is 5.92 Å².